The molecule has 0 saturated carbocycles. The molecule has 2 fully saturated rings. The Bertz CT molecular complexity index is 714. The Labute approximate surface area is 157 Å². The summed E-state index contributed by atoms with van der Waals surface area (Å²) < 4.78 is 1.71. The fraction of sp³-hybridized carbons (Fsp3) is 0.714. The van der Waals surface area contributed by atoms with Gasteiger partial charge in [-0.2, -0.15) is 0 Å². The van der Waals surface area contributed by atoms with E-state index in [1.165, 1.54) is 0 Å². The normalized spacial score (nSPS) is 20.3. The molecule has 2 aliphatic rings. The average Bonchev–Trinajstić information content (AvgIpc) is 3.01. The van der Waals surface area contributed by atoms with Gasteiger partial charge < -0.3 is 14.4 Å². The molecule has 0 bridgehead atoms. The molecule has 3 heterocycles. The Morgan fingerprint density at radius 2 is 1.85 bits per heavy atom. The lowest BCUT2D eigenvalue weighted by atomic mass is 9.78. The van der Waals surface area contributed by atoms with Gasteiger partial charge in [0.1, 0.15) is 5.56 Å². The second-order valence-electron chi connectivity index (χ2n) is 8.83. The highest BCUT2D eigenvalue weighted by molar-refractivity contribution is 5.95. The third kappa shape index (κ3) is 3.88. The average molecular weight is 360 g/mol. The Morgan fingerprint density at radius 1 is 1.19 bits per heavy atom. The summed E-state index contributed by atoms with van der Waals surface area (Å²) in [5, 5.41) is 0. The summed E-state index contributed by atoms with van der Waals surface area (Å²) in [4.78, 5) is 30.4. The molecule has 3 rings (SSSR count). The van der Waals surface area contributed by atoms with Crippen molar-refractivity contribution in [2.45, 2.75) is 53.0 Å². The van der Waals surface area contributed by atoms with E-state index in [0.717, 1.165) is 57.4 Å². The summed E-state index contributed by atoms with van der Waals surface area (Å²) in [6, 6.07) is 1.91. The number of pyridine rings is 1. The number of hydrogen-bond acceptors (Lipinski definition) is 3. The number of piperidine rings is 1. The maximum atomic E-state index is 13.2. The number of aryl methyl sites for hydroxylation is 2. The summed E-state index contributed by atoms with van der Waals surface area (Å²) >= 11 is 0. The number of likely N-dealkylation sites (tertiary alicyclic amines) is 2. The zero-order chi connectivity index (χ0) is 18.9. The largest absolute Gasteiger partial charge is 0.338 e. The molecule has 144 valence electrons. The number of rotatable bonds is 4. The highest BCUT2D eigenvalue weighted by Gasteiger charge is 2.42. The van der Waals surface area contributed by atoms with Crippen LogP contribution in [0, 0.1) is 18.3 Å². The zero-order valence-corrected chi connectivity index (χ0v) is 16.8. The minimum absolute atomic E-state index is 0.0674. The van der Waals surface area contributed by atoms with Crippen molar-refractivity contribution in [3.05, 3.63) is 33.7 Å². The summed E-state index contributed by atoms with van der Waals surface area (Å²) in [5.41, 5.74) is 1.31. The van der Waals surface area contributed by atoms with Crippen molar-refractivity contribution >= 4 is 5.91 Å². The highest BCUT2D eigenvalue weighted by atomic mass is 16.2. The van der Waals surface area contributed by atoms with Gasteiger partial charge in [-0.25, -0.2) is 0 Å². The smallest absolute Gasteiger partial charge is 0.263 e. The van der Waals surface area contributed by atoms with Crippen LogP contribution in [0.5, 0.6) is 0 Å². The lowest BCUT2D eigenvalue weighted by Crippen LogP contribution is -2.41. The highest BCUT2D eigenvalue weighted by Crippen LogP contribution is 2.40. The maximum Gasteiger partial charge on any atom is 0.263 e. The van der Waals surface area contributed by atoms with Gasteiger partial charge in [0.2, 0.25) is 0 Å². The van der Waals surface area contributed by atoms with Crippen molar-refractivity contribution in [2.24, 2.45) is 11.3 Å². The first kappa shape index (κ1) is 19.2. The molecule has 1 aromatic heterocycles. The van der Waals surface area contributed by atoms with Gasteiger partial charge in [0, 0.05) is 25.8 Å². The summed E-state index contributed by atoms with van der Waals surface area (Å²) in [5.74, 6) is 0.465. The van der Waals surface area contributed by atoms with E-state index in [0.29, 0.717) is 18.0 Å². The van der Waals surface area contributed by atoms with Gasteiger partial charge in [-0.1, -0.05) is 13.8 Å². The third-order valence-corrected chi connectivity index (χ3v) is 6.31. The van der Waals surface area contributed by atoms with Crippen LogP contribution in [0.4, 0.5) is 0 Å². The molecule has 1 aromatic rings. The molecule has 5 heteroatoms. The minimum atomic E-state index is -0.125. The zero-order valence-electron chi connectivity index (χ0n) is 16.8. The minimum Gasteiger partial charge on any atom is -0.338 e. The lowest BCUT2D eigenvalue weighted by molar-refractivity contribution is 0.0733. The molecular formula is C21H33N3O2. The number of nitrogens with zero attached hydrogens (tertiary/aromatic N) is 3. The van der Waals surface area contributed by atoms with E-state index >= 15 is 0 Å². The summed E-state index contributed by atoms with van der Waals surface area (Å²) in [6.07, 6.45) is 6.15. The number of carbonyl (C=O) groups excluding carboxylic acids is 1. The number of aromatic nitrogens is 1. The van der Waals surface area contributed by atoms with Crippen molar-refractivity contribution < 1.29 is 4.79 Å². The van der Waals surface area contributed by atoms with Crippen molar-refractivity contribution in [3.8, 4) is 0 Å². The van der Waals surface area contributed by atoms with Crippen molar-refractivity contribution in [2.75, 3.05) is 33.2 Å². The molecule has 0 unspecified atom stereocenters. The summed E-state index contributed by atoms with van der Waals surface area (Å²) in [6.45, 7) is 10.6. The first-order valence-electron chi connectivity index (χ1n) is 9.99. The van der Waals surface area contributed by atoms with Gasteiger partial charge >= 0.3 is 0 Å². The number of carbonyl (C=O) groups is 1. The predicted octanol–water partition coefficient (Wildman–Crippen LogP) is 2.76. The Morgan fingerprint density at radius 3 is 2.50 bits per heavy atom. The quantitative estimate of drug-likeness (QED) is 0.830. The SMILES string of the molecule is Cc1ccn(CCC(C)C)c(=O)c1C(=O)N1CCC2(CCN(C)CC2)C1. The van der Waals surface area contributed by atoms with Crippen molar-refractivity contribution in [3.63, 3.8) is 0 Å². The predicted molar refractivity (Wildman–Crippen MR) is 105 cm³/mol. The fourth-order valence-electron chi connectivity index (χ4n) is 4.27. The Hall–Kier alpha value is -1.62. The molecule has 0 aliphatic carbocycles. The molecule has 1 amide bonds. The fourth-order valence-corrected chi connectivity index (χ4v) is 4.27. The third-order valence-electron chi connectivity index (χ3n) is 6.31. The first-order valence-corrected chi connectivity index (χ1v) is 9.99. The van der Waals surface area contributed by atoms with Gasteiger partial charge in [-0.3, -0.25) is 9.59 Å². The van der Waals surface area contributed by atoms with E-state index in [1.807, 2.05) is 24.1 Å². The Balaban J connectivity index is 1.78. The van der Waals surface area contributed by atoms with E-state index in [1.54, 1.807) is 4.57 Å². The van der Waals surface area contributed by atoms with E-state index in [2.05, 4.69) is 25.8 Å². The summed E-state index contributed by atoms with van der Waals surface area (Å²) in [7, 11) is 2.16. The van der Waals surface area contributed by atoms with Crippen LogP contribution < -0.4 is 5.56 Å². The van der Waals surface area contributed by atoms with Gasteiger partial charge in [0.25, 0.3) is 11.5 Å². The second kappa shape index (κ2) is 7.55. The van der Waals surface area contributed by atoms with Crippen molar-refractivity contribution in [1.82, 2.24) is 14.4 Å². The van der Waals surface area contributed by atoms with E-state index < -0.39 is 0 Å². The lowest BCUT2D eigenvalue weighted by Gasteiger charge is -2.37. The molecular weight excluding hydrogens is 326 g/mol. The molecule has 0 radical (unpaired) electrons. The van der Waals surface area contributed by atoms with Crippen LogP contribution in [0.3, 0.4) is 0 Å². The first-order chi connectivity index (χ1) is 12.3. The molecule has 1 spiro atoms. The van der Waals surface area contributed by atoms with Crippen LogP contribution in [0.15, 0.2) is 17.1 Å². The molecule has 2 saturated heterocycles. The standard InChI is InChI=1S/C21H33N3O2/c1-16(2)5-10-23-11-6-17(3)18(19(23)25)20(26)24-14-9-21(15-24)7-12-22(4)13-8-21/h6,11,16H,5,7-10,12-15H2,1-4H3. The van der Waals surface area contributed by atoms with Gasteiger partial charge in [0.15, 0.2) is 0 Å². The van der Waals surface area contributed by atoms with Crippen LogP contribution in [0.1, 0.15) is 55.5 Å². The number of amides is 1. The van der Waals surface area contributed by atoms with Crippen LogP contribution in [0.25, 0.3) is 0 Å². The molecule has 0 N–H and O–H groups in total. The van der Waals surface area contributed by atoms with E-state index in [-0.39, 0.29) is 16.9 Å². The molecule has 2 aliphatic heterocycles. The van der Waals surface area contributed by atoms with Crippen LogP contribution in [-0.4, -0.2) is 53.5 Å². The Kier molecular flexibility index (Phi) is 5.56. The maximum absolute atomic E-state index is 13.2. The van der Waals surface area contributed by atoms with Crippen LogP contribution in [0.2, 0.25) is 0 Å². The van der Waals surface area contributed by atoms with E-state index in [4.69, 9.17) is 0 Å². The number of hydrogen-bond donors (Lipinski definition) is 0. The van der Waals surface area contributed by atoms with Gasteiger partial charge in [-0.15, -0.1) is 0 Å². The van der Waals surface area contributed by atoms with Gasteiger partial charge in [-0.05, 0) is 75.7 Å². The van der Waals surface area contributed by atoms with Gasteiger partial charge in [0.05, 0.1) is 0 Å². The molecule has 0 aromatic carbocycles. The molecule has 0 atom stereocenters. The molecule has 26 heavy (non-hydrogen) atoms. The van der Waals surface area contributed by atoms with Crippen LogP contribution in [-0.2, 0) is 6.54 Å². The monoisotopic (exact) mass is 359 g/mol. The second-order valence-corrected chi connectivity index (χ2v) is 8.83. The van der Waals surface area contributed by atoms with E-state index in [9.17, 15) is 9.59 Å². The topological polar surface area (TPSA) is 45.6 Å². The molecule has 5 nitrogen and oxygen atoms in total. The van der Waals surface area contributed by atoms with Crippen molar-refractivity contribution in [1.29, 1.82) is 0 Å². The van der Waals surface area contributed by atoms with Crippen LogP contribution >= 0.6 is 0 Å².